The van der Waals surface area contributed by atoms with Gasteiger partial charge in [0.1, 0.15) is 24.3 Å². The lowest BCUT2D eigenvalue weighted by Gasteiger charge is -2.26. The minimum atomic E-state index is -4.50. The van der Waals surface area contributed by atoms with Crippen LogP contribution in [-0.2, 0) is 19.0 Å². The second kappa shape index (κ2) is 9.11. The molecular formula is C23H24F3N3O2. The third-order valence-corrected chi connectivity index (χ3v) is 5.41. The van der Waals surface area contributed by atoms with Crippen LogP contribution in [0.15, 0.2) is 54.7 Å². The van der Waals surface area contributed by atoms with Gasteiger partial charge in [0.15, 0.2) is 5.69 Å². The first-order valence-electron chi connectivity index (χ1n) is 10.2. The van der Waals surface area contributed by atoms with Gasteiger partial charge in [-0.25, -0.2) is 4.98 Å². The number of hydrogen-bond donors (Lipinski definition) is 3. The Morgan fingerprint density at radius 3 is 2.74 bits per heavy atom. The average Bonchev–Trinajstić information content (AvgIpc) is 3.27. The van der Waals surface area contributed by atoms with Crippen LogP contribution in [0.25, 0.3) is 11.4 Å². The molecule has 1 aromatic heterocycles. The van der Waals surface area contributed by atoms with E-state index in [1.807, 2.05) is 6.07 Å². The molecule has 0 saturated carbocycles. The van der Waals surface area contributed by atoms with Gasteiger partial charge >= 0.3 is 6.18 Å². The van der Waals surface area contributed by atoms with Gasteiger partial charge in [-0.2, -0.15) is 13.2 Å². The van der Waals surface area contributed by atoms with Crippen molar-refractivity contribution in [1.29, 1.82) is 0 Å². The van der Waals surface area contributed by atoms with E-state index in [0.29, 0.717) is 23.9 Å². The van der Waals surface area contributed by atoms with Crippen LogP contribution in [-0.4, -0.2) is 40.4 Å². The Hall–Kier alpha value is -2.84. The van der Waals surface area contributed by atoms with E-state index in [1.54, 1.807) is 24.3 Å². The molecular weight excluding hydrogens is 407 g/mol. The van der Waals surface area contributed by atoms with Gasteiger partial charge in [-0.1, -0.05) is 36.4 Å². The number of aryl methyl sites for hydroxylation is 1. The lowest BCUT2D eigenvalue weighted by Crippen LogP contribution is -2.40. The van der Waals surface area contributed by atoms with Gasteiger partial charge in [0.2, 0.25) is 0 Å². The number of nitrogens with one attached hydrogen (secondary N) is 2. The maximum Gasteiger partial charge on any atom is 0.434 e. The average molecular weight is 431 g/mol. The van der Waals surface area contributed by atoms with Crippen molar-refractivity contribution in [2.24, 2.45) is 0 Å². The molecule has 164 valence electrons. The van der Waals surface area contributed by atoms with E-state index in [-0.39, 0.29) is 12.4 Å². The van der Waals surface area contributed by atoms with E-state index in [4.69, 9.17) is 4.74 Å². The Morgan fingerprint density at radius 2 is 1.97 bits per heavy atom. The molecule has 0 amide bonds. The number of rotatable bonds is 7. The van der Waals surface area contributed by atoms with Crippen molar-refractivity contribution in [2.75, 3.05) is 13.2 Å². The van der Waals surface area contributed by atoms with Gasteiger partial charge in [-0.15, -0.1) is 0 Å². The Balaban J connectivity index is 1.27. The SMILES string of the molecule is OC(CNC1CCc2ccccc2C1)COc1cccc(-c2nc(C(F)(F)F)c[nH]2)c1. The summed E-state index contributed by atoms with van der Waals surface area (Å²) in [7, 11) is 0. The summed E-state index contributed by atoms with van der Waals surface area (Å²) < 4.78 is 43.9. The maximum absolute atomic E-state index is 12.7. The number of aliphatic hydroxyl groups is 1. The van der Waals surface area contributed by atoms with Crippen LogP contribution in [0.4, 0.5) is 13.2 Å². The molecule has 2 atom stereocenters. The smallest absolute Gasteiger partial charge is 0.434 e. The lowest BCUT2D eigenvalue weighted by molar-refractivity contribution is -0.140. The van der Waals surface area contributed by atoms with Gasteiger partial charge in [-0.05, 0) is 42.5 Å². The number of H-pyrrole nitrogens is 1. The number of aromatic nitrogens is 2. The monoisotopic (exact) mass is 431 g/mol. The number of halogens is 3. The maximum atomic E-state index is 12.7. The first kappa shape index (κ1) is 21.4. The Labute approximate surface area is 178 Å². The molecule has 4 rings (SSSR count). The summed E-state index contributed by atoms with van der Waals surface area (Å²) in [6.45, 7) is 0.478. The zero-order valence-corrected chi connectivity index (χ0v) is 16.8. The Bertz CT molecular complexity index is 1020. The van der Waals surface area contributed by atoms with Crippen LogP contribution in [0, 0.1) is 0 Å². The molecule has 2 aromatic carbocycles. The summed E-state index contributed by atoms with van der Waals surface area (Å²) in [4.78, 5) is 6.13. The number of nitrogens with zero attached hydrogens (tertiary/aromatic N) is 1. The van der Waals surface area contributed by atoms with Crippen LogP contribution in [0.3, 0.4) is 0 Å². The quantitative estimate of drug-likeness (QED) is 0.529. The number of hydrogen-bond acceptors (Lipinski definition) is 4. The molecule has 1 heterocycles. The molecule has 31 heavy (non-hydrogen) atoms. The highest BCUT2D eigenvalue weighted by molar-refractivity contribution is 5.57. The fraction of sp³-hybridized carbons (Fsp3) is 0.348. The van der Waals surface area contributed by atoms with Gasteiger partial charge in [-0.3, -0.25) is 0 Å². The second-order valence-corrected chi connectivity index (χ2v) is 7.74. The fourth-order valence-corrected chi connectivity index (χ4v) is 3.77. The Kier molecular flexibility index (Phi) is 6.29. The second-order valence-electron chi connectivity index (χ2n) is 7.74. The van der Waals surface area contributed by atoms with E-state index < -0.39 is 18.0 Å². The molecule has 3 N–H and O–H groups in total. The number of aliphatic hydroxyl groups excluding tert-OH is 1. The molecule has 0 spiro atoms. The first-order chi connectivity index (χ1) is 14.9. The van der Waals surface area contributed by atoms with E-state index in [9.17, 15) is 18.3 Å². The fourth-order valence-electron chi connectivity index (χ4n) is 3.77. The topological polar surface area (TPSA) is 70.2 Å². The zero-order chi connectivity index (χ0) is 21.8. The summed E-state index contributed by atoms with van der Waals surface area (Å²) in [5, 5.41) is 13.7. The van der Waals surface area contributed by atoms with E-state index in [0.717, 1.165) is 25.5 Å². The molecule has 2 unspecified atom stereocenters. The van der Waals surface area contributed by atoms with Crippen molar-refractivity contribution in [1.82, 2.24) is 15.3 Å². The predicted molar refractivity (Wildman–Crippen MR) is 111 cm³/mol. The van der Waals surface area contributed by atoms with Crippen LogP contribution >= 0.6 is 0 Å². The van der Waals surface area contributed by atoms with Crippen molar-refractivity contribution in [3.8, 4) is 17.1 Å². The Morgan fingerprint density at radius 1 is 1.16 bits per heavy atom. The summed E-state index contributed by atoms with van der Waals surface area (Å²) in [6, 6.07) is 15.3. The van der Waals surface area contributed by atoms with Gasteiger partial charge in [0.25, 0.3) is 0 Å². The number of imidazole rings is 1. The van der Waals surface area contributed by atoms with Crippen LogP contribution in [0.2, 0.25) is 0 Å². The summed E-state index contributed by atoms with van der Waals surface area (Å²) in [5.41, 5.74) is 2.24. The number of alkyl halides is 3. The molecule has 0 saturated heterocycles. The van der Waals surface area contributed by atoms with Gasteiger partial charge < -0.3 is 20.1 Å². The standard InChI is InChI=1S/C23H24F3N3O2/c24-23(25,26)21-13-28-22(29-21)17-6-3-7-20(11-17)31-14-19(30)12-27-18-9-8-15-4-1-2-5-16(15)10-18/h1-7,11,13,18-19,27,30H,8-10,12,14H2,(H,28,29). The number of benzene rings is 2. The molecule has 8 heteroatoms. The van der Waals surface area contributed by atoms with Crippen LogP contribution in [0.1, 0.15) is 23.2 Å². The summed E-state index contributed by atoms with van der Waals surface area (Å²) in [5.74, 6) is 0.561. The molecule has 3 aromatic rings. The van der Waals surface area contributed by atoms with Crippen molar-refractivity contribution in [3.63, 3.8) is 0 Å². The van der Waals surface area contributed by atoms with E-state index in [2.05, 4.69) is 33.5 Å². The number of aromatic amines is 1. The first-order valence-corrected chi connectivity index (χ1v) is 10.2. The molecule has 1 aliphatic rings. The summed E-state index contributed by atoms with van der Waals surface area (Å²) >= 11 is 0. The van der Waals surface area contributed by atoms with Crippen molar-refractivity contribution >= 4 is 0 Å². The van der Waals surface area contributed by atoms with Gasteiger partial charge in [0.05, 0.1) is 0 Å². The molecule has 0 aliphatic heterocycles. The van der Waals surface area contributed by atoms with E-state index >= 15 is 0 Å². The zero-order valence-electron chi connectivity index (χ0n) is 16.8. The van der Waals surface area contributed by atoms with Crippen LogP contribution < -0.4 is 10.1 Å². The molecule has 0 bridgehead atoms. The molecule has 0 radical (unpaired) electrons. The minimum Gasteiger partial charge on any atom is -0.491 e. The number of ether oxygens (including phenoxy) is 1. The van der Waals surface area contributed by atoms with Crippen LogP contribution in [0.5, 0.6) is 5.75 Å². The van der Waals surface area contributed by atoms with Crippen molar-refractivity contribution < 1.29 is 23.0 Å². The number of fused-ring (bicyclic) bond motifs is 1. The third kappa shape index (κ3) is 5.45. The molecule has 1 aliphatic carbocycles. The van der Waals surface area contributed by atoms with E-state index in [1.165, 1.54) is 11.1 Å². The third-order valence-electron chi connectivity index (χ3n) is 5.41. The normalized spacial score (nSPS) is 17.2. The van der Waals surface area contributed by atoms with Crippen molar-refractivity contribution in [3.05, 3.63) is 71.5 Å². The highest BCUT2D eigenvalue weighted by Crippen LogP contribution is 2.30. The highest BCUT2D eigenvalue weighted by Gasteiger charge is 2.33. The van der Waals surface area contributed by atoms with Gasteiger partial charge in [0, 0.05) is 24.3 Å². The highest BCUT2D eigenvalue weighted by atomic mass is 19.4. The van der Waals surface area contributed by atoms with Crippen molar-refractivity contribution in [2.45, 2.75) is 37.6 Å². The predicted octanol–water partition coefficient (Wildman–Crippen LogP) is 3.98. The summed E-state index contributed by atoms with van der Waals surface area (Å²) in [6.07, 6.45) is -1.38. The minimum absolute atomic E-state index is 0.0751. The molecule has 0 fully saturated rings. The molecule has 5 nitrogen and oxygen atoms in total. The largest absolute Gasteiger partial charge is 0.491 e. The lowest BCUT2D eigenvalue weighted by atomic mass is 9.88.